The second-order valence-electron chi connectivity index (χ2n) is 7.95. The summed E-state index contributed by atoms with van der Waals surface area (Å²) in [4.78, 5) is 27.4. The number of hydrogen-bond acceptors (Lipinski definition) is 4. The van der Waals surface area contributed by atoms with Crippen molar-refractivity contribution in [1.82, 2.24) is 4.90 Å². The van der Waals surface area contributed by atoms with Crippen LogP contribution < -0.4 is 4.74 Å². The van der Waals surface area contributed by atoms with E-state index >= 15 is 0 Å². The van der Waals surface area contributed by atoms with E-state index in [1.54, 1.807) is 25.7 Å². The van der Waals surface area contributed by atoms with Crippen molar-refractivity contribution >= 4 is 11.7 Å². The van der Waals surface area contributed by atoms with Gasteiger partial charge >= 0.3 is 0 Å². The van der Waals surface area contributed by atoms with Crippen molar-refractivity contribution in [3.63, 3.8) is 0 Å². The summed E-state index contributed by atoms with van der Waals surface area (Å²) >= 11 is 0. The summed E-state index contributed by atoms with van der Waals surface area (Å²) in [5, 5.41) is 10.5. The number of ketones is 1. The number of nitrogens with zero attached hydrogens (tertiary/aromatic N) is 1. The summed E-state index contributed by atoms with van der Waals surface area (Å²) in [7, 11) is 0. The second-order valence-corrected chi connectivity index (χ2v) is 7.95. The summed E-state index contributed by atoms with van der Waals surface area (Å²) in [6.45, 7) is 10.5. The largest absolute Gasteiger partial charge is 0.503 e. The first kappa shape index (κ1) is 21.0. The highest BCUT2D eigenvalue weighted by molar-refractivity contribution is 6.10. The van der Waals surface area contributed by atoms with Gasteiger partial charge in [0.2, 0.25) is 0 Å². The first-order valence-electron chi connectivity index (χ1n) is 9.74. The lowest BCUT2D eigenvalue weighted by Crippen LogP contribution is -2.33. The Bertz CT molecular complexity index is 713. The zero-order valence-electron chi connectivity index (χ0n) is 17.0. The fourth-order valence-corrected chi connectivity index (χ4v) is 3.31. The fraction of sp³-hybridized carbons (Fsp3) is 0.545. The molecule has 1 N–H and O–H groups in total. The summed E-state index contributed by atoms with van der Waals surface area (Å²) in [6.07, 6.45) is 2.85. The molecule has 148 valence electrons. The zero-order chi connectivity index (χ0) is 20.2. The van der Waals surface area contributed by atoms with Gasteiger partial charge in [-0.2, -0.15) is 0 Å². The molecule has 1 heterocycles. The van der Waals surface area contributed by atoms with Gasteiger partial charge in [0, 0.05) is 12.0 Å². The molecule has 5 heteroatoms. The van der Waals surface area contributed by atoms with Crippen molar-refractivity contribution in [2.75, 3.05) is 13.2 Å². The molecule has 0 saturated carbocycles. The van der Waals surface area contributed by atoms with Crippen LogP contribution in [-0.2, 0) is 9.59 Å². The molecule has 1 aromatic carbocycles. The van der Waals surface area contributed by atoms with E-state index in [2.05, 4.69) is 6.92 Å². The predicted molar refractivity (Wildman–Crippen MR) is 106 cm³/mol. The van der Waals surface area contributed by atoms with Gasteiger partial charge in [-0.05, 0) is 31.0 Å². The molecule has 1 aliphatic heterocycles. The minimum Gasteiger partial charge on any atom is -0.503 e. The summed E-state index contributed by atoms with van der Waals surface area (Å²) in [5.41, 5.74) is 0.320. The monoisotopic (exact) mass is 373 g/mol. The van der Waals surface area contributed by atoms with Crippen LogP contribution in [0.2, 0.25) is 0 Å². The molecule has 0 fully saturated rings. The van der Waals surface area contributed by atoms with Crippen LogP contribution in [0.5, 0.6) is 5.75 Å². The van der Waals surface area contributed by atoms with Crippen LogP contribution in [0.3, 0.4) is 0 Å². The molecule has 1 atom stereocenters. The highest BCUT2D eigenvalue weighted by atomic mass is 16.5. The predicted octanol–water partition coefficient (Wildman–Crippen LogP) is 4.59. The molecule has 2 rings (SSSR count). The summed E-state index contributed by atoms with van der Waals surface area (Å²) < 4.78 is 5.49. The first-order valence-corrected chi connectivity index (χ1v) is 9.74. The Morgan fingerprint density at radius 3 is 2.30 bits per heavy atom. The van der Waals surface area contributed by atoms with Gasteiger partial charge < -0.3 is 14.7 Å². The Kier molecular flexibility index (Phi) is 6.68. The van der Waals surface area contributed by atoms with Crippen molar-refractivity contribution in [2.45, 2.75) is 59.9 Å². The molecule has 1 unspecified atom stereocenters. The number of Topliss-reactive ketones (excluding diaryl/α,β-unsaturated/α-hetero) is 1. The minimum atomic E-state index is -0.688. The summed E-state index contributed by atoms with van der Waals surface area (Å²) in [6, 6.07) is 6.84. The molecule has 0 aromatic heterocycles. The third kappa shape index (κ3) is 4.52. The van der Waals surface area contributed by atoms with Gasteiger partial charge in [-0.25, -0.2) is 0 Å². The quantitative estimate of drug-likeness (QED) is 0.677. The lowest BCUT2D eigenvalue weighted by Gasteiger charge is -2.29. The van der Waals surface area contributed by atoms with Crippen molar-refractivity contribution in [2.24, 2.45) is 5.41 Å². The van der Waals surface area contributed by atoms with Gasteiger partial charge in [0.25, 0.3) is 5.91 Å². The highest BCUT2D eigenvalue weighted by Gasteiger charge is 2.45. The normalized spacial score (nSPS) is 17.6. The number of amides is 1. The summed E-state index contributed by atoms with van der Waals surface area (Å²) in [5.74, 6) is -0.340. The SMILES string of the molecule is CCCCCN1C(=O)C(O)=C(C(=O)C(C)(C)C)C1c1ccc(OCC)cc1. The lowest BCUT2D eigenvalue weighted by molar-refractivity contribution is -0.129. The number of unbranched alkanes of at least 4 members (excludes halogenated alkanes) is 2. The number of carbonyl (C=O) groups excluding carboxylic acids is 2. The molecule has 1 aromatic rings. The van der Waals surface area contributed by atoms with Gasteiger partial charge in [-0.1, -0.05) is 52.7 Å². The van der Waals surface area contributed by atoms with Crippen LogP contribution in [-0.4, -0.2) is 34.8 Å². The van der Waals surface area contributed by atoms with Crippen molar-refractivity contribution in [1.29, 1.82) is 0 Å². The first-order chi connectivity index (χ1) is 12.7. The Morgan fingerprint density at radius 1 is 1.15 bits per heavy atom. The molecular formula is C22H31NO4. The maximum Gasteiger partial charge on any atom is 0.290 e. The van der Waals surface area contributed by atoms with E-state index < -0.39 is 23.1 Å². The van der Waals surface area contributed by atoms with Crippen LogP contribution in [0.15, 0.2) is 35.6 Å². The standard InChI is InChI=1S/C22H31NO4/c1-6-8-9-14-23-18(15-10-12-16(13-11-15)27-7-2)17(19(24)21(23)26)20(25)22(3,4)5/h10-13,18,24H,6-9,14H2,1-5H3. The Hall–Kier alpha value is -2.30. The molecule has 0 aliphatic carbocycles. The Labute approximate surface area is 162 Å². The van der Waals surface area contributed by atoms with E-state index in [0.717, 1.165) is 30.6 Å². The van der Waals surface area contributed by atoms with Crippen LogP contribution in [0.4, 0.5) is 0 Å². The molecule has 0 saturated heterocycles. The van der Waals surface area contributed by atoms with Crippen LogP contribution >= 0.6 is 0 Å². The maximum absolute atomic E-state index is 13.0. The maximum atomic E-state index is 13.0. The topological polar surface area (TPSA) is 66.8 Å². The number of hydrogen-bond donors (Lipinski definition) is 1. The second kappa shape index (κ2) is 8.59. The van der Waals surface area contributed by atoms with E-state index in [-0.39, 0.29) is 11.4 Å². The third-order valence-electron chi connectivity index (χ3n) is 4.74. The fourth-order valence-electron chi connectivity index (χ4n) is 3.31. The van der Waals surface area contributed by atoms with E-state index in [4.69, 9.17) is 4.74 Å². The lowest BCUT2D eigenvalue weighted by atomic mass is 9.82. The molecule has 0 spiro atoms. The van der Waals surface area contributed by atoms with Gasteiger partial charge in [-0.15, -0.1) is 0 Å². The van der Waals surface area contributed by atoms with Crippen LogP contribution in [0.25, 0.3) is 0 Å². The number of carbonyl (C=O) groups is 2. The van der Waals surface area contributed by atoms with Gasteiger partial charge in [0.15, 0.2) is 11.5 Å². The minimum absolute atomic E-state index is 0.202. The van der Waals surface area contributed by atoms with Crippen molar-refractivity contribution < 1.29 is 19.4 Å². The smallest absolute Gasteiger partial charge is 0.290 e. The molecule has 0 radical (unpaired) electrons. The molecule has 1 amide bonds. The molecule has 1 aliphatic rings. The average molecular weight is 373 g/mol. The van der Waals surface area contributed by atoms with Crippen molar-refractivity contribution in [3.05, 3.63) is 41.2 Å². The number of rotatable bonds is 8. The van der Waals surface area contributed by atoms with E-state index in [0.29, 0.717) is 13.2 Å². The molecule has 5 nitrogen and oxygen atoms in total. The Morgan fingerprint density at radius 2 is 1.78 bits per heavy atom. The zero-order valence-corrected chi connectivity index (χ0v) is 17.0. The van der Waals surface area contributed by atoms with E-state index in [1.165, 1.54) is 0 Å². The number of ether oxygens (including phenoxy) is 1. The van der Waals surface area contributed by atoms with Crippen LogP contribution in [0, 0.1) is 5.41 Å². The van der Waals surface area contributed by atoms with Gasteiger partial charge in [0.1, 0.15) is 5.75 Å². The third-order valence-corrected chi connectivity index (χ3v) is 4.74. The number of benzene rings is 1. The van der Waals surface area contributed by atoms with E-state index in [9.17, 15) is 14.7 Å². The van der Waals surface area contributed by atoms with Crippen LogP contribution in [0.1, 0.15) is 65.5 Å². The Balaban J connectivity index is 2.45. The van der Waals surface area contributed by atoms with Gasteiger partial charge in [-0.3, -0.25) is 9.59 Å². The molecule has 27 heavy (non-hydrogen) atoms. The average Bonchev–Trinajstić information content (AvgIpc) is 2.86. The number of aliphatic hydroxyl groups is 1. The van der Waals surface area contributed by atoms with Crippen molar-refractivity contribution in [3.8, 4) is 5.75 Å². The molecular weight excluding hydrogens is 342 g/mol. The molecule has 0 bridgehead atoms. The number of aliphatic hydroxyl groups excluding tert-OH is 1. The highest BCUT2D eigenvalue weighted by Crippen LogP contribution is 2.41. The van der Waals surface area contributed by atoms with E-state index in [1.807, 2.05) is 31.2 Å². The van der Waals surface area contributed by atoms with Gasteiger partial charge in [0.05, 0.1) is 18.2 Å².